The first-order valence-corrected chi connectivity index (χ1v) is 4.05. The molecule has 1 aromatic rings. The molecule has 14 heavy (non-hydrogen) atoms. The minimum atomic E-state index is -0.772. The molecule has 0 spiro atoms. The highest BCUT2D eigenvalue weighted by molar-refractivity contribution is 5.87. The van der Waals surface area contributed by atoms with Gasteiger partial charge in [-0.25, -0.2) is 9.97 Å². The quantitative estimate of drug-likeness (QED) is 0.383. The molecule has 5 nitrogen and oxygen atoms in total. The molecule has 0 N–H and O–H groups in total. The Labute approximate surface area is 81.1 Å². The van der Waals surface area contributed by atoms with Crippen LogP contribution in [0.2, 0.25) is 0 Å². The van der Waals surface area contributed by atoms with Gasteiger partial charge in [-0.2, -0.15) is 0 Å². The van der Waals surface area contributed by atoms with Crippen molar-refractivity contribution >= 4 is 12.3 Å². The van der Waals surface area contributed by atoms with Crippen molar-refractivity contribution in [1.82, 2.24) is 9.97 Å². The molecule has 74 valence electrons. The highest BCUT2D eigenvalue weighted by Gasteiger charge is 2.18. The van der Waals surface area contributed by atoms with Crippen LogP contribution in [0.5, 0.6) is 0 Å². The van der Waals surface area contributed by atoms with Crippen LogP contribution in [0.15, 0.2) is 18.7 Å². The normalized spacial score (nSPS) is 11.8. The Morgan fingerprint density at radius 1 is 1.57 bits per heavy atom. The number of methoxy groups -OCH3 is 1. The summed E-state index contributed by atoms with van der Waals surface area (Å²) in [5, 5.41) is 0. The van der Waals surface area contributed by atoms with Gasteiger partial charge in [0, 0.05) is 12.4 Å². The maximum Gasteiger partial charge on any atom is 0.316 e. The van der Waals surface area contributed by atoms with Gasteiger partial charge in [-0.3, -0.25) is 4.79 Å². The molecule has 0 bridgehead atoms. The number of ether oxygens (including phenoxy) is 1. The minimum Gasteiger partial charge on any atom is -0.468 e. The lowest BCUT2D eigenvalue weighted by Gasteiger charge is -2.06. The number of aldehydes is 1. The van der Waals surface area contributed by atoms with Crippen molar-refractivity contribution < 1.29 is 14.3 Å². The molecule has 0 amide bonds. The summed E-state index contributed by atoms with van der Waals surface area (Å²) < 4.78 is 4.46. The highest BCUT2D eigenvalue weighted by atomic mass is 16.5. The largest absolute Gasteiger partial charge is 0.468 e. The van der Waals surface area contributed by atoms with Gasteiger partial charge >= 0.3 is 5.97 Å². The summed E-state index contributed by atoms with van der Waals surface area (Å²) in [4.78, 5) is 29.2. The van der Waals surface area contributed by atoms with E-state index in [4.69, 9.17) is 0 Å². The fraction of sp³-hybridized carbons (Fsp3) is 0.333. The second-order valence-electron chi connectivity index (χ2n) is 2.72. The third-order valence-electron chi connectivity index (χ3n) is 1.74. The van der Waals surface area contributed by atoms with Crippen LogP contribution in [-0.4, -0.2) is 29.3 Å². The summed E-state index contributed by atoms with van der Waals surface area (Å²) in [6.07, 6.45) is 5.35. The monoisotopic (exact) mass is 194 g/mol. The van der Waals surface area contributed by atoms with Gasteiger partial charge in [0.25, 0.3) is 0 Å². The van der Waals surface area contributed by atoms with Crippen molar-refractivity contribution in [2.75, 3.05) is 7.11 Å². The predicted octanol–water partition coefficient (Wildman–Crippen LogP) is 0.00720. The van der Waals surface area contributed by atoms with E-state index in [0.717, 1.165) is 5.56 Å². The topological polar surface area (TPSA) is 69.2 Å². The zero-order chi connectivity index (χ0) is 10.4. The van der Waals surface area contributed by atoms with Gasteiger partial charge in [0.1, 0.15) is 18.5 Å². The van der Waals surface area contributed by atoms with E-state index >= 15 is 0 Å². The SMILES string of the molecule is COC(=O)[C@@H](C=O)Cc1cncnc1. The number of carbonyl (C=O) groups excluding carboxylic acids is 2. The molecular weight excluding hydrogens is 184 g/mol. The van der Waals surface area contributed by atoms with E-state index in [9.17, 15) is 9.59 Å². The maximum absolute atomic E-state index is 11.1. The minimum absolute atomic E-state index is 0.275. The van der Waals surface area contributed by atoms with E-state index in [1.54, 1.807) is 12.4 Å². The van der Waals surface area contributed by atoms with Crippen LogP contribution in [0.1, 0.15) is 5.56 Å². The molecule has 0 saturated carbocycles. The van der Waals surface area contributed by atoms with Gasteiger partial charge in [-0.05, 0) is 12.0 Å². The second-order valence-corrected chi connectivity index (χ2v) is 2.72. The number of aromatic nitrogens is 2. The van der Waals surface area contributed by atoms with Crippen LogP contribution in [0.25, 0.3) is 0 Å². The lowest BCUT2D eigenvalue weighted by atomic mass is 10.0. The van der Waals surface area contributed by atoms with Crippen molar-refractivity contribution in [3.63, 3.8) is 0 Å². The molecule has 0 aliphatic heterocycles. The van der Waals surface area contributed by atoms with Crippen molar-refractivity contribution in [3.8, 4) is 0 Å². The number of hydrogen-bond acceptors (Lipinski definition) is 5. The van der Waals surface area contributed by atoms with Gasteiger partial charge in [0.2, 0.25) is 0 Å². The zero-order valence-corrected chi connectivity index (χ0v) is 7.71. The molecular formula is C9H10N2O3. The van der Waals surface area contributed by atoms with Gasteiger partial charge < -0.3 is 9.53 Å². The molecule has 0 fully saturated rings. The van der Waals surface area contributed by atoms with E-state index in [0.29, 0.717) is 6.29 Å². The number of rotatable bonds is 4. The summed E-state index contributed by atoms with van der Waals surface area (Å²) in [5.41, 5.74) is 0.731. The molecule has 1 aromatic heterocycles. The summed E-state index contributed by atoms with van der Waals surface area (Å²) in [7, 11) is 1.25. The van der Waals surface area contributed by atoms with Gasteiger partial charge in [-0.1, -0.05) is 0 Å². The summed E-state index contributed by atoms with van der Waals surface area (Å²) in [5.74, 6) is -1.31. The molecule has 0 aliphatic carbocycles. The van der Waals surface area contributed by atoms with E-state index in [-0.39, 0.29) is 6.42 Å². The zero-order valence-electron chi connectivity index (χ0n) is 7.71. The van der Waals surface area contributed by atoms with Crippen LogP contribution < -0.4 is 0 Å². The Morgan fingerprint density at radius 2 is 2.21 bits per heavy atom. The third kappa shape index (κ3) is 2.62. The van der Waals surface area contributed by atoms with Crippen molar-refractivity contribution in [3.05, 3.63) is 24.3 Å². The molecule has 1 rings (SSSR count). The van der Waals surface area contributed by atoms with E-state index in [1.165, 1.54) is 13.4 Å². The molecule has 0 unspecified atom stereocenters. The maximum atomic E-state index is 11.1. The Morgan fingerprint density at radius 3 is 2.71 bits per heavy atom. The lowest BCUT2D eigenvalue weighted by molar-refractivity contribution is -0.146. The van der Waals surface area contributed by atoms with Gasteiger partial charge in [0.05, 0.1) is 7.11 Å². The number of nitrogens with zero attached hydrogens (tertiary/aromatic N) is 2. The number of esters is 1. The number of carbonyl (C=O) groups is 2. The Hall–Kier alpha value is -1.78. The highest BCUT2D eigenvalue weighted by Crippen LogP contribution is 2.05. The summed E-state index contributed by atoms with van der Waals surface area (Å²) in [6.45, 7) is 0. The Kier molecular flexibility index (Phi) is 3.72. The fourth-order valence-electron chi connectivity index (χ4n) is 1.03. The molecule has 0 aliphatic rings. The van der Waals surface area contributed by atoms with Crippen LogP contribution in [0.3, 0.4) is 0 Å². The Bertz CT molecular complexity index is 313. The first-order valence-electron chi connectivity index (χ1n) is 4.05. The van der Waals surface area contributed by atoms with Crippen LogP contribution in [-0.2, 0) is 20.7 Å². The molecule has 1 heterocycles. The Balaban J connectivity index is 2.66. The third-order valence-corrected chi connectivity index (χ3v) is 1.74. The van der Waals surface area contributed by atoms with Gasteiger partial charge in [-0.15, -0.1) is 0 Å². The summed E-state index contributed by atoms with van der Waals surface area (Å²) in [6, 6.07) is 0. The average Bonchev–Trinajstić information content (AvgIpc) is 2.26. The molecule has 0 saturated heterocycles. The second kappa shape index (κ2) is 5.06. The standard InChI is InChI=1S/C9H10N2O3/c1-14-9(13)8(5-12)2-7-3-10-6-11-4-7/h3-6,8H,2H2,1H3/t8-/m1/s1. The van der Waals surface area contributed by atoms with Crippen molar-refractivity contribution in [1.29, 1.82) is 0 Å². The van der Waals surface area contributed by atoms with Gasteiger partial charge in [0.15, 0.2) is 0 Å². The fourth-order valence-corrected chi connectivity index (χ4v) is 1.03. The number of hydrogen-bond donors (Lipinski definition) is 0. The first kappa shape index (κ1) is 10.3. The van der Waals surface area contributed by atoms with Crippen LogP contribution in [0.4, 0.5) is 0 Å². The molecule has 0 aromatic carbocycles. The van der Waals surface area contributed by atoms with E-state index in [2.05, 4.69) is 14.7 Å². The van der Waals surface area contributed by atoms with E-state index < -0.39 is 11.9 Å². The van der Waals surface area contributed by atoms with Crippen LogP contribution in [0, 0.1) is 5.92 Å². The lowest BCUT2D eigenvalue weighted by Crippen LogP contribution is -2.20. The molecule has 1 atom stereocenters. The average molecular weight is 194 g/mol. The molecule has 5 heteroatoms. The van der Waals surface area contributed by atoms with Crippen molar-refractivity contribution in [2.24, 2.45) is 5.92 Å². The van der Waals surface area contributed by atoms with Crippen LogP contribution >= 0.6 is 0 Å². The van der Waals surface area contributed by atoms with Crippen molar-refractivity contribution in [2.45, 2.75) is 6.42 Å². The first-order chi connectivity index (χ1) is 6.77. The van der Waals surface area contributed by atoms with E-state index in [1.807, 2.05) is 0 Å². The summed E-state index contributed by atoms with van der Waals surface area (Å²) >= 11 is 0. The predicted molar refractivity (Wildman–Crippen MR) is 47.3 cm³/mol. The smallest absolute Gasteiger partial charge is 0.316 e. The molecule has 0 radical (unpaired) electrons.